The molecule has 0 radical (unpaired) electrons. The topological polar surface area (TPSA) is 78.3 Å². The molecule has 0 N–H and O–H groups in total. The fourth-order valence-electron chi connectivity index (χ4n) is 3.04. The zero-order valence-corrected chi connectivity index (χ0v) is 18.4. The third-order valence-electron chi connectivity index (χ3n) is 4.52. The molecule has 31 heavy (non-hydrogen) atoms. The van der Waals surface area contributed by atoms with Gasteiger partial charge in [-0.2, -0.15) is 5.10 Å². The SMILES string of the molecule is O=C1C(=Cc2cn(-c3ccccc3)nc2-c2ccc(F)cc2)SC(=S)N1CCS(=O)[O-]. The number of nitrogens with zero attached hydrogens (tertiary/aromatic N) is 3. The predicted molar refractivity (Wildman–Crippen MR) is 123 cm³/mol. The lowest BCUT2D eigenvalue weighted by molar-refractivity contribution is -0.121. The average Bonchev–Trinajstić information content (AvgIpc) is 3.29. The van der Waals surface area contributed by atoms with Crippen LogP contribution in [0.25, 0.3) is 23.0 Å². The zero-order chi connectivity index (χ0) is 22.0. The van der Waals surface area contributed by atoms with Gasteiger partial charge < -0.3 is 4.55 Å². The second-order valence-corrected chi connectivity index (χ2v) is 9.25. The number of hydrogen-bond acceptors (Lipinski definition) is 6. The average molecular weight is 473 g/mol. The molecule has 1 fully saturated rings. The number of carbonyl (C=O) groups is 1. The van der Waals surface area contributed by atoms with Gasteiger partial charge in [0.05, 0.1) is 16.3 Å². The Hall–Kier alpha value is -2.66. The number of halogens is 1. The fraction of sp³-hybridized carbons (Fsp3) is 0.0952. The first-order valence-corrected chi connectivity index (χ1v) is 11.6. The maximum atomic E-state index is 13.4. The molecular weight excluding hydrogens is 457 g/mol. The highest BCUT2D eigenvalue weighted by Gasteiger charge is 2.32. The van der Waals surface area contributed by atoms with Crippen LogP contribution in [0.3, 0.4) is 0 Å². The number of thiocarbonyl (C=S) groups is 1. The molecule has 1 aliphatic heterocycles. The molecule has 4 rings (SSSR count). The Morgan fingerprint density at radius 3 is 2.55 bits per heavy atom. The van der Waals surface area contributed by atoms with Crippen LogP contribution >= 0.6 is 24.0 Å². The largest absolute Gasteiger partial charge is 0.772 e. The molecule has 1 amide bonds. The highest BCUT2D eigenvalue weighted by atomic mass is 32.2. The first-order chi connectivity index (χ1) is 14.9. The lowest BCUT2D eigenvalue weighted by Gasteiger charge is -2.14. The van der Waals surface area contributed by atoms with E-state index in [1.165, 1.54) is 17.0 Å². The highest BCUT2D eigenvalue weighted by Crippen LogP contribution is 2.34. The van der Waals surface area contributed by atoms with Crippen LogP contribution in [0.15, 0.2) is 65.7 Å². The molecule has 0 bridgehead atoms. The first-order valence-electron chi connectivity index (χ1n) is 9.14. The van der Waals surface area contributed by atoms with E-state index in [-0.39, 0.29) is 24.0 Å². The minimum atomic E-state index is -2.27. The summed E-state index contributed by atoms with van der Waals surface area (Å²) >= 11 is 4.09. The van der Waals surface area contributed by atoms with Crippen LogP contribution in [0, 0.1) is 5.82 Å². The van der Waals surface area contributed by atoms with Crippen molar-refractivity contribution in [2.45, 2.75) is 0 Å². The molecule has 158 valence electrons. The van der Waals surface area contributed by atoms with Gasteiger partial charge in [-0.25, -0.2) is 9.07 Å². The molecule has 1 aromatic heterocycles. The summed E-state index contributed by atoms with van der Waals surface area (Å²) in [5.41, 5.74) is 2.76. The summed E-state index contributed by atoms with van der Waals surface area (Å²) in [6.07, 6.45) is 3.46. The minimum Gasteiger partial charge on any atom is -0.772 e. The summed E-state index contributed by atoms with van der Waals surface area (Å²) in [7, 11) is 0. The Balaban J connectivity index is 1.74. The van der Waals surface area contributed by atoms with E-state index in [2.05, 4.69) is 5.10 Å². The monoisotopic (exact) mass is 472 g/mol. The second kappa shape index (κ2) is 9.23. The summed E-state index contributed by atoms with van der Waals surface area (Å²) in [4.78, 5) is 14.4. The van der Waals surface area contributed by atoms with E-state index in [0.29, 0.717) is 26.0 Å². The molecule has 1 unspecified atom stereocenters. The summed E-state index contributed by atoms with van der Waals surface area (Å²) < 4.78 is 37.1. The predicted octanol–water partition coefficient (Wildman–Crippen LogP) is 3.76. The van der Waals surface area contributed by atoms with Crippen molar-refractivity contribution in [1.82, 2.24) is 14.7 Å². The molecule has 2 heterocycles. The molecule has 0 aliphatic carbocycles. The van der Waals surface area contributed by atoms with Crippen molar-refractivity contribution < 1.29 is 17.9 Å². The number of amides is 1. The van der Waals surface area contributed by atoms with Crippen molar-refractivity contribution >= 4 is 51.4 Å². The molecule has 3 aromatic rings. The van der Waals surface area contributed by atoms with Gasteiger partial charge in [0, 0.05) is 29.6 Å². The van der Waals surface area contributed by atoms with Gasteiger partial charge in [0.15, 0.2) is 0 Å². The number of para-hydroxylation sites is 1. The lowest BCUT2D eigenvalue weighted by Crippen LogP contribution is -2.31. The number of hydrogen-bond donors (Lipinski definition) is 0. The molecule has 2 aromatic carbocycles. The summed E-state index contributed by atoms with van der Waals surface area (Å²) in [5, 5.41) is 4.65. The maximum absolute atomic E-state index is 13.4. The third-order valence-corrected chi connectivity index (χ3v) is 6.42. The zero-order valence-electron chi connectivity index (χ0n) is 15.9. The lowest BCUT2D eigenvalue weighted by atomic mass is 10.1. The van der Waals surface area contributed by atoms with Crippen LogP contribution in [0.2, 0.25) is 0 Å². The van der Waals surface area contributed by atoms with Crippen molar-refractivity contribution in [3.63, 3.8) is 0 Å². The number of aromatic nitrogens is 2. The number of carbonyl (C=O) groups excluding carboxylic acids is 1. The molecule has 0 saturated carbocycles. The number of benzene rings is 2. The van der Waals surface area contributed by atoms with Crippen molar-refractivity contribution in [2.75, 3.05) is 12.3 Å². The van der Waals surface area contributed by atoms with E-state index >= 15 is 0 Å². The van der Waals surface area contributed by atoms with Crippen LogP contribution in [0.4, 0.5) is 4.39 Å². The quantitative estimate of drug-likeness (QED) is 0.309. The molecule has 6 nitrogen and oxygen atoms in total. The number of rotatable bonds is 6. The normalized spacial score (nSPS) is 16.3. The Bertz CT molecular complexity index is 1190. The molecule has 1 atom stereocenters. The second-order valence-electron chi connectivity index (χ2n) is 6.56. The molecule has 0 spiro atoms. The Morgan fingerprint density at radius 2 is 1.87 bits per heavy atom. The van der Waals surface area contributed by atoms with Gasteiger partial charge >= 0.3 is 0 Å². The maximum Gasteiger partial charge on any atom is 0.266 e. The van der Waals surface area contributed by atoms with Crippen LogP contribution in [0.5, 0.6) is 0 Å². The molecule has 1 saturated heterocycles. The highest BCUT2D eigenvalue weighted by molar-refractivity contribution is 8.26. The summed E-state index contributed by atoms with van der Waals surface area (Å²) in [5.74, 6) is -0.894. The molecular formula is C21H15FN3O3S3-. The summed E-state index contributed by atoms with van der Waals surface area (Å²) in [6.45, 7) is 0.00616. The van der Waals surface area contributed by atoms with Crippen LogP contribution < -0.4 is 0 Å². The summed E-state index contributed by atoms with van der Waals surface area (Å²) in [6, 6.07) is 15.4. The van der Waals surface area contributed by atoms with E-state index in [4.69, 9.17) is 12.2 Å². The molecule has 1 aliphatic rings. The van der Waals surface area contributed by atoms with Crippen molar-refractivity contribution in [1.29, 1.82) is 0 Å². The van der Waals surface area contributed by atoms with Gasteiger partial charge in [-0.1, -0.05) is 53.3 Å². The van der Waals surface area contributed by atoms with E-state index in [1.54, 1.807) is 29.1 Å². The van der Waals surface area contributed by atoms with Gasteiger partial charge in [-0.3, -0.25) is 13.9 Å². The van der Waals surface area contributed by atoms with E-state index in [0.717, 1.165) is 17.4 Å². The minimum absolute atomic E-state index is 0.00616. The Kier molecular flexibility index (Phi) is 6.42. The van der Waals surface area contributed by atoms with Crippen molar-refractivity contribution in [3.8, 4) is 16.9 Å². The van der Waals surface area contributed by atoms with Gasteiger partial charge in [-0.05, 0) is 42.5 Å². The first kappa shape index (κ1) is 21.6. The van der Waals surface area contributed by atoms with E-state index in [9.17, 15) is 17.9 Å². The van der Waals surface area contributed by atoms with Crippen LogP contribution in [0.1, 0.15) is 5.56 Å². The van der Waals surface area contributed by atoms with Crippen molar-refractivity contribution in [2.24, 2.45) is 0 Å². The fourth-order valence-corrected chi connectivity index (χ4v) is 4.67. The van der Waals surface area contributed by atoms with Crippen molar-refractivity contribution in [3.05, 3.63) is 77.1 Å². The van der Waals surface area contributed by atoms with Crippen LogP contribution in [-0.4, -0.2) is 46.0 Å². The van der Waals surface area contributed by atoms with Gasteiger partial charge in [0.25, 0.3) is 5.91 Å². The standard InChI is InChI=1S/C21H16FN3O3S3/c22-16-8-6-14(7-9-16)19-15(13-25(23-19)17-4-2-1-3-5-17)12-18-20(26)24(21(29)30-18)10-11-31(27)28/h1-9,12-13H,10-11H2,(H,27,28)/p-1. The number of thioether (sulfide) groups is 1. The Morgan fingerprint density at radius 1 is 1.16 bits per heavy atom. The third kappa shape index (κ3) is 4.82. The smallest absolute Gasteiger partial charge is 0.266 e. The Labute approximate surface area is 190 Å². The van der Waals surface area contributed by atoms with Crippen LogP contribution in [-0.2, 0) is 15.9 Å². The molecule has 10 heteroatoms. The van der Waals surface area contributed by atoms with Gasteiger partial charge in [-0.15, -0.1) is 0 Å². The van der Waals surface area contributed by atoms with Gasteiger partial charge in [0.2, 0.25) is 0 Å². The van der Waals surface area contributed by atoms with E-state index in [1.807, 2.05) is 30.3 Å². The van der Waals surface area contributed by atoms with Gasteiger partial charge in [0.1, 0.15) is 10.1 Å². The van der Waals surface area contributed by atoms with E-state index < -0.39 is 11.1 Å².